The average molecular weight is 324 g/mol. The number of nitrogens with one attached hydrogen (secondary N) is 1. The van der Waals surface area contributed by atoms with Crippen LogP contribution in [0.1, 0.15) is 24.2 Å². The van der Waals surface area contributed by atoms with Crippen molar-refractivity contribution < 1.29 is 19.4 Å². The number of aliphatic hydroxyl groups is 1. The van der Waals surface area contributed by atoms with Crippen molar-refractivity contribution in [3.05, 3.63) is 65.7 Å². The van der Waals surface area contributed by atoms with Crippen molar-refractivity contribution in [1.82, 2.24) is 0 Å². The third-order valence-corrected chi connectivity index (χ3v) is 3.31. The van der Waals surface area contributed by atoms with Crippen LogP contribution in [0.2, 0.25) is 0 Å². The Morgan fingerprint density at radius 2 is 1.75 bits per heavy atom. The lowest BCUT2D eigenvalue weighted by Gasteiger charge is -2.16. The Morgan fingerprint density at radius 3 is 2.42 bits per heavy atom. The van der Waals surface area contributed by atoms with Crippen LogP contribution in [0.3, 0.4) is 0 Å². The minimum Gasteiger partial charge on any atom is -0.450 e. The Bertz CT molecular complexity index is 768. The number of carbonyl (C=O) groups excluding carboxylic acids is 2. The van der Waals surface area contributed by atoms with E-state index in [0.29, 0.717) is 16.8 Å². The Morgan fingerprint density at radius 1 is 1.12 bits per heavy atom. The quantitative estimate of drug-likeness (QED) is 0.821. The number of amides is 1. The van der Waals surface area contributed by atoms with Crippen molar-refractivity contribution in [2.24, 2.45) is 0 Å². The summed E-state index contributed by atoms with van der Waals surface area (Å²) in [7, 11) is 0. The summed E-state index contributed by atoms with van der Waals surface area (Å²) in [6.45, 7) is 1.39. The van der Waals surface area contributed by atoms with Gasteiger partial charge in [-0.25, -0.2) is 4.79 Å². The molecule has 24 heavy (non-hydrogen) atoms. The van der Waals surface area contributed by atoms with Crippen LogP contribution < -0.4 is 5.32 Å². The van der Waals surface area contributed by atoms with Crippen molar-refractivity contribution in [1.29, 1.82) is 5.26 Å². The molecular formula is C18H16N2O4. The number of aliphatic hydroxyl groups excluding tert-OH is 1. The van der Waals surface area contributed by atoms with E-state index >= 15 is 0 Å². The van der Waals surface area contributed by atoms with Gasteiger partial charge in [-0.1, -0.05) is 42.5 Å². The van der Waals surface area contributed by atoms with E-state index in [9.17, 15) is 14.7 Å². The monoisotopic (exact) mass is 324 g/mol. The minimum absolute atomic E-state index is 0.300. The smallest absolute Gasteiger partial charge is 0.340 e. The molecule has 0 fully saturated rings. The van der Waals surface area contributed by atoms with E-state index in [1.807, 2.05) is 6.07 Å². The van der Waals surface area contributed by atoms with Crippen LogP contribution in [-0.2, 0) is 14.3 Å². The lowest BCUT2D eigenvalue weighted by atomic mass is 10.1. The van der Waals surface area contributed by atoms with Gasteiger partial charge in [0, 0.05) is 0 Å². The molecule has 6 nitrogen and oxygen atoms in total. The Balaban J connectivity index is 1.99. The molecule has 0 saturated carbocycles. The third-order valence-electron chi connectivity index (χ3n) is 3.31. The zero-order chi connectivity index (χ0) is 17.5. The van der Waals surface area contributed by atoms with Crippen LogP contribution in [0.15, 0.2) is 54.6 Å². The number of benzene rings is 2. The highest BCUT2D eigenvalue weighted by Crippen LogP contribution is 2.17. The number of nitrogens with zero attached hydrogens (tertiary/aromatic N) is 1. The summed E-state index contributed by atoms with van der Waals surface area (Å²) >= 11 is 0. The molecule has 2 aromatic rings. The van der Waals surface area contributed by atoms with Gasteiger partial charge < -0.3 is 15.2 Å². The summed E-state index contributed by atoms with van der Waals surface area (Å²) in [4.78, 5) is 24.0. The molecule has 2 atom stereocenters. The first-order valence-electron chi connectivity index (χ1n) is 7.26. The van der Waals surface area contributed by atoms with Crippen LogP contribution in [-0.4, -0.2) is 23.1 Å². The summed E-state index contributed by atoms with van der Waals surface area (Å²) < 4.78 is 4.99. The van der Waals surface area contributed by atoms with Crippen molar-refractivity contribution in [2.75, 3.05) is 5.32 Å². The fraction of sp³-hybridized carbons (Fsp3) is 0.167. The number of nitriles is 1. The summed E-state index contributed by atoms with van der Waals surface area (Å²) in [5, 5.41) is 21.5. The number of hydrogen-bond donors (Lipinski definition) is 2. The number of carbonyl (C=O) groups is 2. The Labute approximate surface area is 139 Å². The van der Waals surface area contributed by atoms with Crippen LogP contribution in [0, 0.1) is 11.3 Å². The van der Waals surface area contributed by atoms with Gasteiger partial charge in [-0.2, -0.15) is 5.26 Å². The fourth-order valence-corrected chi connectivity index (χ4v) is 1.99. The number of para-hydroxylation sites is 1. The van der Waals surface area contributed by atoms with E-state index in [4.69, 9.17) is 10.00 Å². The Hall–Kier alpha value is -3.17. The summed E-state index contributed by atoms with van der Waals surface area (Å²) in [5.74, 6) is -1.51. The normalized spacial score (nSPS) is 12.5. The molecule has 0 unspecified atom stereocenters. The predicted molar refractivity (Wildman–Crippen MR) is 86.7 cm³/mol. The molecule has 0 aliphatic rings. The first-order chi connectivity index (χ1) is 11.5. The lowest BCUT2D eigenvalue weighted by Crippen LogP contribution is -2.32. The van der Waals surface area contributed by atoms with Gasteiger partial charge in [-0.15, -0.1) is 0 Å². The molecule has 0 radical (unpaired) electrons. The van der Waals surface area contributed by atoms with Crippen molar-refractivity contribution in [3.63, 3.8) is 0 Å². The number of esters is 1. The molecular weight excluding hydrogens is 308 g/mol. The average Bonchev–Trinajstić information content (AvgIpc) is 2.62. The SMILES string of the molecule is C[C@@H](OC(=O)[C@H](O)c1ccccc1)C(=O)Nc1ccccc1C#N. The van der Waals surface area contributed by atoms with Gasteiger partial charge in [0.05, 0.1) is 11.3 Å². The van der Waals surface area contributed by atoms with Gasteiger partial charge in [0.2, 0.25) is 0 Å². The van der Waals surface area contributed by atoms with Gasteiger partial charge in [0.1, 0.15) is 6.07 Å². The van der Waals surface area contributed by atoms with Gasteiger partial charge in [0.15, 0.2) is 12.2 Å². The first-order valence-corrected chi connectivity index (χ1v) is 7.26. The molecule has 0 aliphatic carbocycles. The predicted octanol–water partition coefficient (Wildman–Crippen LogP) is 2.16. The number of anilines is 1. The van der Waals surface area contributed by atoms with Crippen LogP contribution in [0.4, 0.5) is 5.69 Å². The van der Waals surface area contributed by atoms with Crippen molar-refractivity contribution >= 4 is 17.6 Å². The minimum atomic E-state index is -1.46. The maximum Gasteiger partial charge on any atom is 0.340 e. The molecule has 0 bridgehead atoms. The third kappa shape index (κ3) is 4.18. The summed E-state index contributed by atoms with van der Waals surface area (Å²) in [6, 6.07) is 16.7. The van der Waals surface area contributed by atoms with Gasteiger partial charge in [-0.3, -0.25) is 4.79 Å². The Kier molecular flexibility index (Phi) is 5.66. The van der Waals surface area contributed by atoms with E-state index in [1.54, 1.807) is 54.6 Å². The highest BCUT2D eigenvalue weighted by molar-refractivity contribution is 5.96. The molecule has 0 heterocycles. The number of ether oxygens (including phenoxy) is 1. The molecule has 2 rings (SSSR count). The summed E-state index contributed by atoms with van der Waals surface area (Å²) in [6.07, 6.45) is -2.59. The van der Waals surface area contributed by atoms with E-state index in [-0.39, 0.29) is 0 Å². The largest absolute Gasteiger partial charge is 0.450 e. The van der Waals surface area contributed by atoms with Crippen molar-refractivity contribution in [3.8, 4) is 6.07 Å². The highest BCUT2D eigenvalue weighted by atomic mass is 16.6. The second-order valence-electron chi connectivity index (χ2n) is 5.04. The molecule has 0 saturated heterocycles. The number of hydrogen-bond acceptors (Lipinski definition) is 5. The second-order valence-corrected chi connectivity index (χ2v) is 5.04. The fourth-order valence-electron chi connectivity index (χ4n) is 1.99. The summed E-state index contributed by atoms with van der Waals surface area (Å²) in [5.41, 5.74) is 1.01. The van der Waals surface area contributed by atoms with Gasteiger partial charge in [-0.05, 0) is 24.6 Å². The maximum absolute atomic E-state index is 12.1. The van der Waals surface area contributed by atoms with E-state index in [2.05, 4.69) is 5.32 Å². The molecule has 0 spiro atoms. The van der Waals surface area contributed by atoms with Crippen molar-refractivity contribution in [2.45, 2.75) is 19.1 Å². The first kappa shape index (κ1) is 17.2. The van der Waals surface area contributed by atoms with Gasteiger partial charge in [0.25, 0.3) is 5.91 Å². The maximum atomic E-state index is 12.1. The molecule has 122 valence electrons. The lowest BCUT2D eigenvalue weighted by molar-refractivity contribution is -0.162. The van der Waals surface area contributed by atoms with Crippen LogP contribution in [0.25, 0.3) is 0 Å². The van der Waals surface area contributed by atoms with Crippen LogP contribution in [0.5, 0.6) is 0 Å². The van der Waals surface area contributed by atoms with Gasteiger partial charge >= 0.3 is 5.97 Å². The zero-order valence-electron chi connectivity index (χ0n) is 13.0. The topological polar surface area (TPSA) is 99.4 Å². The molecule has 1 amide bonds. The zero-order valence-corrected chi connectivity index (χ0v) is 13.0. The molecule has 0 aromatic heterocycles. The molecule has 2 aromatic carbocycles. The molecule has 6 heteroatoms. The van der Waals surface area contributed by atoms with Crippen LogP contribution >= 0.6 is 0 Å². The second kappa shape index (κ2) is 7.90. The molecule has 2 N–H and O–H groups in total. The van der Waals surface area contributed by atoms with E-state index in [1.165, 1.54) is 6.92 Å². The van der Waals surface area contributed by atoms with E-state index in [0.717, 1.165) is 0 Å². The molecule has 0 aliphatic heterocycles. The van der Waals surface area contributed by atoms with E-state index < -0.39 is 24.1 Å². The number of rotatable bonds is 5. The standard InChI is InChI=1S/C18H16N2O4/c1-12(17(22)20-15-10-6-5-9-14(15)11-19)24-18(23)16(21)13-7-3-2-4-8-13/h2-10,12,16,21H,1H3,(H,20,22)/t12-,16-/m1/s1. The highest BCUT2D eigenvalue weighted by Gasteiger charge is 2.24.